The maximum atomic E-state index is 9.39. The summed E-state index contributed by atoms with van der Waals surface area (Å²) in [5.41, 5.74) is 0.118. The van der Waals surface area contributed by atoms with Crippen LogP contribution in [0.3, 0.4) is 0 Å². The number of hydrogen-bond acceptors (Lipinski definition) is 3. The first-order valence-electron chi connectivity index (χ1n) is 6.26. The molecule has 0 aliphatic carbocycles. The van der Waals surface area contributed by atoms with Crippen LogP contribution in [0.25, 0.3) is 0 Å². The van der Waals surface area contributed by atoms with Crippen LogP contribution in [0.4, 0.5) is 0 Å². The Morgan fingerprint density at radius 2 is 1.81 bits per heavy atom. The van der Waals surface area contributed by atoms with Gasteiger partial charge in [-0.05, 0) is 24.7 Å². The van der Waals surface area contributed by atoms with Gasteiger partial charge in [0, 0.05) is 18.6 Å². The SMILES string of the molecule is CC(C)C(C#N)C1(C2CCOCC2)COC1. The minimum atomic E-state index is 0.118. The molecule has 16 heavy (non-hydrogen) atoms. The lowest BCUT2D eigenvalue weighted by Crippen LogP contribution is -2.55. The largest absolute Gasteiger partial charge is 0.381 e. The van der Waals surface area contributed by atoms with E-state index in [1.807, 2.05) is 0 Å². The van der Waals surface area contributed by atoms with E-state index in [2.05, 4.69) is 19.9 Å². The van der Waals surface area contributed by atoms with Crippen molar-refractivity contribution in [2.75, 3.05) is 26.4 Å². The summed E-state index contributed by atoms with van der Waals surface area (Å²) < 4.78 is 10.8. The smallest absolute Gasteiger partial charge is 0.0666 e. The molecule has 90 valence electrons. The van der Waals surface area contributed by atoms with Gasteiger partial charge in [-0.1, -0.05) is 13.8 Å². The van der Waals surface area contributed by atoms with Crippen molar-refractivity contribution in [1.82, 2.24) is 0 Å². The lowest BCUT2D eigenvalue weighted by Gasteiger charge is -2.52. The van der Waals surface area contributed by atoms with Crippen molar-refractivity contribution < 1.29 is 9.47 Å². The van der Waals surface area contributed by atoms with E-state index in [0.29, 0.717) is 11.8 Å². The molecule has 3 heteroatoms. The van der Waals surface area contributed by atoms with Crippen molar-refractivity contribution in [1.29, 1.82) is 5.26 Å². The lowest BCUT2D eigenvalue weighted by molar-refractivity contribution is -0.189. The Balaban J connectivity index is 2.14. The van der Waals surface area contributed by atoms with Crippen molar-refractivity contribution in [2.24, 2.45) is 23.2 Å². The zero-order valence-electron chi connectivity index (χ0n) is 10.2. The summed E-state index contributed by atoms with van der Waals surface area (Å²) in [5.74, 6) is 1.16. The van der Waals surface area contributed by atoms with Crippen LogP contribution < -0.4 is 0 Å². The highest BCUT2D eigenvalue weighted by molar-refractivity contribution is 5.06. The second-order valence-corrected chi connectivity index (χ2v) is 5.46. The summed E-state index contributed by atoms with van der Waals surface area (Å²) in [6.07, 6.45) is 2.18. The summed E-state index contributed by atoms with van der Waals surface area (Å²) in [6.45, 7) is 7.54. The third-order valence-electron chi connectivity index (χ3n) is 4.20. The fourth-order valence-electron chi connectivity index (χ4n) is 3.22. The Morgan fingerprint density at radius 1 is 1.19 bits per heavy atom. The molecule has 2 rings (SSSR count). The number of ether oxygens (including phenoxy) is 2. The van der Waals surface area contributed by atoms with Gasteiger partial charge in [0.05, 0.1) is 25.2 Å². The molecule has 0 N–H and O–H groups in total. The molecule has 2 aliphatic rings. The average molecular weight is 223 g/mol. The van der Waals surface area contributed by atoms with Gasteiger partial charge in [0.2, 0.25) is 0 Å². The molecule has 2 heterocycles. The molecule has 0 aromatic rings. The molecule has 0 saturated carbocycles. The van der Waals surface area contributed by atoms with E-state index in [9.17, 15) is 5.26 Å². The summed E-state index contributed by atoms with van der Waals surface area (Å²) in [7, 11) is 0. The Labute approximate surface area is 97.7 Å². The fourth-order valence-corrected chi connectivity index (χ4v) is 3.22. The van der Waals surface area contributed by atoms with Crippen LogP contribution in [-0.2, 0) is 9.47 Å². The number of nitrogens with zero attached hydrogens (tertiary/aromatic N) is 1. The second-order valence-electron chi connectivity index (χ2n) is 5.46. The summed E-state index contributed by atoms with van der Waals surface area (Å²) in [6, 6.07) is 2.52. The highest BCUT2D eigenvalue weighted by Crippen LogP contribution is 2.49. The van der Waals surface area contributed by atoms with Crippen LogP contribution in [-0.4, -0.2) is 26.4 Å². The van der Waals surface area contributed by atoms with E-state index in [0.717, 1.165) is 39.3 Å². The molecular weight excluding hydrogens is 202 g/mol. The fraction of sp³-hybridized carbons (Fsp3) is 0.923. The van der Waals surface area contributed by atoms with Crippen LogP contribution in [0, 0.1) is 34.5 Å². The highest BCUT2D eigenvalue weighted by Gasteiger charge is 2.52. The number of rotatable bonds is 3. The van der Waals surface area contributed by atoms with Crippen LogP contribution in [0.1, 0.15) is 26.7 Å². The van der Waals surface area contributed by atoms with Crippen LogP contribution in [0.15, 0.2) is 0 Å². The van der Waals surface area contributed by atoms with E-state index in [1.165, 1.54) is 0 Å². The minimum absolute atomic E-state index is 0.118. The van der Waals surface area contributed by atoms with Gasteiger partial charge in [0.15, 0.2) is 0 Å². The van der Waals surface area contributed by atoms with Crippen LogP contribution in [0.5, 0.6) is 0 Å². The Morgan fingerprint density at radius 3 is 2.19 bits per heavy atom. The molecule has 0 amide bonds. The first kappa shape index (κ1) is 11.9. The third-order valence-corrected chi connectivity index (χ3v) is 4.20. The molecule has 0 spiro atoms. The lowest BCUT2D eigenvalue weighted by atomic mass is 9.60. The van der Waals surface area contributed by atoms with Crippen molar-refractivity contribution in [3.8, 4) is 6.07 Å². The maximum Gasteiger partial charge on any atom is 0.0666 e. The molecule has 2 saturated heterocycles. The molecule has 0 bridgehead atoms. The molecule has 0 aromatic carbocycles. The van der Waals surface area contributed by atoms with Gasteiger partial charge in [-0.15, -0.1) is 0 Å². The zero-order chi connectivity index (χ0) is 11.6. The highest BCUT2D eigenvalue weighted by atomic mass is 16.5. The molecule has 0 radical (unpaired) electrons. The van der Waals surface area contributed by atoms with Crippen LogP contribution in [0.2, 0.25) is 0 Å². The van der Waals surface area contributed by atoms with Gasteiger partial charge in [-0.3, -0.25) is 0 Å². The monoisotopic (exact) mass is 223 g/mol. The predicted molar refractivity (Wildman–Crippen MR) is 60.7 cm³/mol. The van der Waals surface area contributed by atoms with E-state index in [1.54, 1.807) is 0 Å². The summed E-state index contributed by atoms with van der Waals surface area (Å²) in [5, 5.41) is 9.39. The summed E-state index contributed by atoms with van der Waals surface area (Å²) >= 11 is 0. The van der Waals surface area contributed by atoms with Crippen molar-refractivity contribution in [2.45, 2.75) is 26.7 Å². The summed E-state index contributed by atoms with van der Waals surface area (Å²) in [4.78, 5) is 0. The van der Waals surface area contributed by atoms with E-state index >= 15 is 0 Å². The van der Waals surface area contributed by atoms with Crippen molar-refractivity contribution >= 4 is 0 Å². The van der Waals surface area contributed by atoms with E-state index < -0.39 is 0 Å². The second kappa shape index (κ2) is 4.73. The molecule has 3 nitrogen and oxygen atoms in total. The number of hydrogen-bond donors (Lipinski definition) is 0. The molecular formula is C13H21NO2. The predicted octanol–water partition coefficient (Wildman–Crippen LogP) is 2.23. The van der Waals surface area contributed by atoms with Gasteiger partial charge in [0.25, 0.3) is 0 Å². The van der Waals surface area contributed by atoms with Gasteiger partial charge >= 0.3 is 0 Å². The van der Waals surface area contributed by atoms with Crippen molar-refractivity contribution in [3.05, 3.63) is 0 Å². The van der Waals surface area contributed by atoms with E-state index in [-0.39, 0.29) is 11.3 Å². The first-order chi connectivity index (χ1) is 7.70. The quantitative estimate of drug-likeness (QED) is 0.736. The normalized spacial score (nSPS) is 27.1. The third kappa shape index (κ3) is 1.85. The molecule has 1 atom stereocenters. The van der Waals surface area contributed by atoms with Gasteiger partial charge < -0.3 is 9.47 Å². The first-order valence-corrected chi connectivity index (χ1v) is 6.26. The van der Waals surface area contributed by atoms with Crippen molar-refractivity contribution in [3.63, 3.8) is 0 Å². The van der Waals surface area contributed by atoms with Crippen LogP contribution >= 0.6 is 0 Å². The Kier molecular flexibility index (Phi) is 3.51. The molecule has 2 fully saturated rings. The van der Waals surface area contributed by atoms with Gasteiger partial charge in [-0.25, -0.2) is 0 Å². The molecule has 0 aromatic heterocycles. The molecule has 2 aliphatic heterocycles. The van der Waals surface area contributed by atoms with Gasteiger partial charge in [-0.2, -0.15) is 5.26 Å². The Bertz CT molecular complexity index is 272. The maximum absolute atomic E-state index is 9.39. The van der Waals surface area contributed by atoms with Gasteiger partial charge in [0.1, 0.15) is 0 Å². The minimum Gasteiger partial charge on any atom is -0.381 e. The topological polar surface area (TPSA) is 42.2 Å². The Hall–Kier alpha value is -0.590. The zero-order valence-corrected chi connectivity index (χ0v) is 10.2. The molecule has 1 unspecified atom stereocenters. The number of nitriles is 1. The average Bonchev–Trinajstić information content (AvgIpc) is 2.23. The van der Waals surface area contributed by atoms with E-state index in [4.69, 9.17) is 9.47 Å². The standard InChI is InChI=1S/C13H21NO2/c1-10(2)12(7-14)13(8-16-9-13)11-3-5-15-6-4-11/h10-12H,3-6,8-9H2,1-2H3.